The Labute approximate surface area is 175 Å². The van der Waals surface area contributed by atoms with Crippen LogP contribution in [0.2, 0.25) is 0 Å². The number of hydrogen-bond acceptors (Lipinski definition) is 4. The smallest absolute Gasteiger partial charge is 0.292 e. The molecular weight excluding hydrogens is 440 g/mol. The first kappa shape index (κ1) is 19.0. The van der Waals surface area contributed by atoms with E-state index in [1.54, 1.807) is 12.1 Å². The summed E-state index contributed by atoms with van der Waals surface area (Å²) in [6, 6.07) is 11.0. The molecule has 2 amide bonds. The van der Waals surface area contributed by atoms with Gasteiger partial charge < -0.3 is 15.5 Å². The first-order valence-electron chi connectivity index (χ1n) is 9.04. The van der Waals surface area contributed by atoms with Crippen molar-refractivity contribution in [3.05, 3.63) is 62.6 Å². The van der Waals surface area contributed by atoms with E-state index < -0.39 is 11.8 Å². The van der Waals surface area contributed by atoms with Gasteiger partial charge in [-0.25, -0.2) is 0 Å². The van der Waals surface area contributed by atoms with Crippen molar-refractivity contribution in [1.29, 1.82) is 0 Å². The van der Waals surface area contributed by atoms with Crippen molar-refractivity contribution in [3.63, 3.8) is 0 Å². The van der Waals surface area contributed by atoms with Crippen LogP contribution in [0.1, 0.15) is 44.7 Å². The van der Waals surface area contributed by atoms with Gasteiger partial charge in [-0.05, 0) is 55.0 Å². The molecule has 0 saturated heterocycles. The number of hydrogen-bond donors (Lipinski definition) is 2. The summed E-state index contributed by atoms with van der Waals surface area (Å²) in [7, 11) is 0. The highest BCUT2D eigenvalue weighted by atomic mass is 79.9. The fraction of sp³-hybridized carbons (Fsp3) is 0.238. The summed E-state index contributed by atoms with van der Waals surface area (Å²) in [6.45, 7) is 2.19. The molecular formula is C21H19BrN2O3S. The molecule has 1 atom stereocenters. The van der Waals surface area contributed by atoms with Gasteiger partial charge in [-0.3, -0.25) is 9.59 Å². The van der Waals surface area contributed by atoms with Crippen molar-refractivity contribution in [3.8, 4) is 11.3 Å². The number of carbonyl (C=O) groups excluding carboxylic acids is 2. The minimum Gasteiger partial charge on any atom is -0.451 e. The average Bonchev–Trinajstić information content (AvgIpc) is 3.26. The maximum absolute atomic E-state index is 12.7. The van der Waals surface area contributed by atoms with Crippen LogP contribution < -0.4 is 11.1 Å². The van der Waals surface area contributed by atoms with Crippen LogP contribution in [0.4, 0.5) is 5.00 Å². The molecule has 3 aromatic rings. The number of fused-ring (bicyclic) bond motifs is 1. The Hall–Kier alpha value is -2.38. The Kier molecular flexibility index (Phi) is 5.12. The van der Waals surface area contributed by atoms with E-state index >= 15 is 0 Å². The summed E-state index contributed by atoms with van der Waals surface area (Å²) in [5.74, 6) is 0.462. The Balaban J connectivity index is 1.59. The number of nitrogens with two attached hydrogens (primary N) is 1. The van der Waals surface area contributed by atoms with Crippen molar-refractivity contribution >= 4 is 44.1 Å². The van der Waals surface area contributed by atoms with Gasteiger partial charge in [-0.15, -0.1) is 11.3 Å². The van der Waals surface area contributed by atoms with E-state index in [0.29, 0.717) is 22.2 Å². The number of halogens is 1. The Morgan fingerprint density at radius 3 is 2.68 bits per heavy atom. The minimum atomic E-state index is -0.502. The second-order valence-corrected chi connectivity index (χ2v) is 9.07. The Bertz CT molecular complexity index is 1050. The third-order valence-electron chi connectivity index (χ3n) is 4.94. The van der Waals surface area contributed by atoms with E-state index in [-0.39, 0.29) is 5.76 Å². The van der Waals surface area contributed by atoms with E-state index in [1.165, 1.54) is 11.3 Å². The molecule has 0 bridgehead atoms. The van der Waals surface area contributed by atoms with E-state index in [9.17, 15) is 9.59 Å². The standard InChI is InChI=1S/C21H19BrN2O3S/c1-11-2-7-14-17(10-11)28-21(18(14)19(23)25)24-20(26)16-9-8-15(27-16)12-3-5-13(22)6-4-12/h3-6,8-9,11H,2,7,10H2,1H3,(H2,23,25)(H,24,26)/t11-/m0/s1. The molecule has 0 unspecified atom stereocenters. The van der Waals surface area contributed by atoms with Gasteiger partial charge in [-0.1, -0.05) is 35.0 Å². The number of nitrogens with one attached hydrogen (secondary N) is 1. The topological polar surface area (TPSA) is 85.3 Å². The molecule has 0 aliphatic heterocycles. The number of amides is 2. The second kappa shape index (κ2) is 7.56. The lowest BCUT2D eigenvalue weighted by molar-refractivity contribution is 0.0998. The predicted octanol–water partition coefficient (Wildman–Crippen LogP) is 5.25. The number of anilines is 1. The quantitative estimate of drug-likeness (QED) is 0.559. The number of carbonyl (C=O) groups is 2. The summed E-state index contributed by atoms with van der Waals surface area (Å²) in [5, 5.41) is 3.34. The summed E-state index contributed by atoms with van der Waals surface area (Å²) in [5.41, 5.74) is 7.92. The normalized spacial score (nSPS) is 15.9. The summed E-state index contributed by atoms with van der Waals surface area (Å²) >= 11 is 4.84. The van der Waals surface area contributed by atoms with Crippen LogP contribution in [0.15, 0.2) is 45.3 Å². The number of rotatable bonds is 4. The summed E-state index contributed by atoms with van der Waals surface area (Å²) in [6.07, 6.45) is 2.74. The zero-order chi connectivity index (χ0) is 19.8. The van der Waals surface area contributed by atoms with Crippen LogP contribution in [-0.4, -0.2) is 11.8 Å². The van der Waals surface area contributed by atoms with Gasteiger partial charge in [0.1, 0.15) is 10.8 Å². The average molecular weight is 459 g/mol. The lowest BCUT2D eigenvalue weighted by Crippen LogP contribution is -2.19. The highest BCUT2D eigenvalue weighted by Crippen LogP contribution is 2.39. The van der Waals surface area contributed by atoms with Gasteiger partial charge in [0.2, 0.25) is 0 Å². The number of furan rings is 1. The third-order valence-corrected chi connectivity index (χ3v) is 6.64. The van der Waals surface area contributed by atoms with E-state index in [4.69, 9.17) is 10.2 Å². The molecule has 5 nitrogen and oxygen atoms in total. The van der Waals surface area contributed by atoms with Gasteiger partial charge in [0.05, 0.1) is 5.56 Å². The molecule has 1 aliphatic rings. The van der Waals surface area contributed by atoms with Crippen LogP contribution in [-0.2, 0) is 12.8 Å². The minimum absolute atomic E-state index is 0.188. The third kappa shape index (κ3) is 3.64. The molecule has 4 rings (SSSR count). The van der Waals surface area contributed by atoms with Crippen molar-refractivity contribution in [1.82, 2.24) is 0 Å². The van der Waals surface area contributed by atoms with Crippen molar-refractivity contribution < 1.29 is 14.0 Å². The van der Waals surface area contributed by atoms with Crippen LogP contribution in [0, 0.1) is 5.92 Å². The van der Waals surface area contributed by atoms with Crippen LogP contribution in [0.25, 0.3) is 11.3 Å². The molecule has 0 saturated carbocycles. The van der Waals surface area contributed by atoms with Gasteiger partial charge in [0, 0.05) is 14.9 Å². The molecule has 144 valence electrons. The summed E-state index contributed by atoms with van der Waals surface area (Å²) in [4.78, 5) is 25.9. The lowest BCUT2D eigenvalue weighted by Gasteiger charge is -2.18. The number of benzene rings is 1. The molecule has 1 aliphatic carbocycles. The van der Waals surface area contributed by atoms with Gasteiger partial charge in [0.25, 0.3) is 11.8 Å². The molecule has 0 fully saturated rings. The van der Waals surface area contributed by atoms with E-state index in [2.05, 4.69) is 28.2 Å². The fourth-order valence-electron chi connectivity index (χ4n) is 3.49. The highest BCUT2D eigenvalue weighted by molar-refractivity contribution is 9.10. The highest BCUT2D eigenvalue weighted by Gasteiger charge is 2.27. The van der Waals surface area contributed by atoms with E-state index in [1.807, 2.05) is 24.3 Å². The van der Waals surface area contributed by atoms with Crippen molar-refractivity contribution in [2.45, 2.75) is 26.2 Å². The first-order valence-corrected chi connectivity index (χ1v) is 10.6. The number of thiophene rings is 1. The van der Waals surface area contributed by atoms with Gasteiger partial charge >= 0.3 is 0 Å². The SMILES string of the molecule is C[C@H]1CCc2c(sc(NC(=O)c3ccc(-c4ccc(Br)cc4)o3)c2C(N)=O)C1. The van der Waals surface area contributed by atoms with Crippen LogP contribution >= 0.6 is 27.3 Å². The van der Waals surface area contributed by atoms with Crippen LogP contribution in [0.3, 0.4) is 0 Å². The van der Waals surface area contributed by atoms with Crippen LogP contribution in [0.5, 0.6) is 0 Å². The Morgan fingerprint density at radius 2 is 1.96 bits per heavy atom. The summed E-state index contributed by atoms with van der Waals surface area (Å²) < 4.78 is 6.69. The lowest BCUT2D eigenvalue weighted by atomic mass is 9.88. The van der Waals surface area contributed by atoms with Gasteiger partial charge in [-0.2, -0.15) is 0 Å². The molecule has 3 N–H and O–H groups in total. The molecule has 28 heavy (non-hydrogen) atoms. The molecule has 1 aromatic carbocycles. The predicted molar refractivity (Wildman–Crippen MR) is 114 cm³/mol. The zero-order valence-corrected chi connectivity index (χ0v) is 17.7. The van der Waals surface area contributed by atoms with E-state index in [0.717, 1.165) is 39.7 Å². The molecule has 2 heterocycles. The molecule has 7 heteroatoms. The van der Waals surface area contributed by atoms with Crippen molar-refractivity contribution in [2.24, 2.45) is 11.7 Å². The monoisotopic (exact) mass is 458 g/mol. The maximum atomic E-state index is 12.7. The second-order valence-electron chi connectivity index (χ2n) is 7.05. The molecule has 0 radical (unpaired) electrons. The Morgan fingerprint density at radius 1 is 1.21 bits per heavy atom. The number of primary amides is 1. The zero-order valence-electron chi connectivity index (χ0n) is 15.3. The molecule has 0 spiro atoms. The van der Waals surface area contributed by atoms with Crippen molar-refractivity contribution in [2.75, 3.05) is 5.32 Å². The van der Waals surface area contributed by atoms with Gasteiger partial charge in [0.15, 0.2) is 5.76 Å². The largest absolute Gasteiger partial charge is 0.451 e. The first-order chi connectivity index (χ1) is 13.4. The molecule has 2 aromatic heterocycles. The maximum Gasteiger partial charge on any atom is 0.292 e. The fourth-order valence-corrected chi connectivity index (χ4v) is 5.17.